The van der Waals surface area contributed by atoms with Gasteiger partial charge in [-0.2, -0.15) is 0 Å². The van der Waals surface area contributed by atoms with Gasteiger partial charge in [0.2, 0.25) is 5.82 Å². The number of hydrogen-bond donors (Lipinski definition) is 2. The number of aromatic nitrogens is 3. The molecule has 36 heavy (non-hydrogen) atoms. The van der Waals surface area contributed by atoms with Crippen LogP contribution in [0.15, 0.2) is 30.6 Å². The van der Waals surface area contributed by atoms with Crippen LogP contribution >= 0.6 is 11.3 Å². The van der Waals surface area contributed by atoms with Gasteiger partial charge in [0.15, 0.2) is 6.54 Å². The van der Waals surface area contributed by atoms with E-state index in [1.807, 2.05) is 12.1 Å². The smallest absolute Gasteiger partial charge is 0.258 e. The number of likely N-dealkylation sites (tertiary alicyclic amines) is 1. The average Bonchev–Trinajstić information content (AvgIpc) is 3.46. The standard InChI is InChI=1S/C26H29N7O2S/c1-4-18-11-20-25(29-15-30-26(20)36-18)31-17-7-9-32(10-8-17)13-16-5-6-21-19(24(16)35-3)12-23(28-2)33(21)14-22(27)34/h5-6,11-12,15,17H,4,7-10,13-14H2,1,3H3,(H2,27,34)(H,29,30,31). The molecule has 1 amide bonds. The number of hydrogen-bond acceptors (Lipinski definition) is 7. The second-order valence-corrected chi connectivity index (χ2v) is 10.2. The Kier molecular flexibility index (Phi) is 6.76. The molecule has 1 aliphatic rings. The van der Waals surface area contributed by atoms with Gasteiger partial charge in [0.05, 0.1) is 17.9 Å². The largest absolute Gasteiger partial charge is 0.496 e. The number of rotatable bonds is 8. The molecule has 5 rings (SSSR count). The van der Waals surface area contributed by atoms with Crippen molar-refractivity contribution in [3.05, 3.63) is 52.5 Å². The highest BCUT2D eigenvalue weighted by Crippen LogP contribution is 2.36. The number of nitrogens with one attached hydrogen (secondary N) is 1. The summed E-state index contributed by atoms with van der Waals surface area (Å²) in [7, 11) is 1.65. The van der Waals surface area contributed by atoms with Crippen molar-refractivity contribution in [1.29, 1.82) is 0 Å². The van der Waals surface area contributed by atoms with Gasteiger partial charge in [-0.05, 0) is 43.5 Å². The van der Waals surface area contributed by atoms with Gasteiger partial charge >= 0.3 is 0 Å². The number of carbonyl (C=O) groups excluding carboxylic acids is 1. The molecule has 0 spiro atoms. The van der Waals surface area contributed by atoms with Crippen molar-refractivity contribution in [2.45, 2.75) is 45.3 Å². The number of piperidine rings is 1. The summed E-state index contributed by atoms with van der Waals surface area (Å²) in [6.45, 7) is 12.3. The predicted molar refractivity (Wildman–Crippen MR) is 143 cm³/mol. The van der Waals surface area contributed by atoms with Crippen LogP contribution in [0.4, 0.5) is 11.6 Å². The highest BCUT2D eigenvalue weighted by Gasteiger charge is 2.23. The van der Waals surface area contributed by atoms with E-state index in [1.165, 1.54) is 4.88 Å². The first-order chi connectivity index (χ1) is 17.5. The van der Waals surface area contributed by atoms with Gasteiger partial charge in [0.25, 0.3) is 5.91 Å². The minimum absolute atomic E-state index is 0.0337. The van der Waals surface area contributed by atoms with Gasteiger partial charge in [0.1, 0.15) is 28.2 Å². The van der Waals surface area contributed by atoms with Crippen molar-refractivity contribution in [1.82, 2.24) is 19.4 Å². The number of aryl methyl sites for hydroxylation is 1. The van der Waals surface area contributed by atoms with Crippen LogP contribution in [0.3, 0.4) is 0 Å². The molecule has 0 unspecified atom stereocenters. The van der Waals surface area contributed by atoms with Crippen LogP contribution in [0.5, 0.6) is 5.75 Å². The Morgan fingerprint density at radius 3 is 2.78 bits per heavy atom. The molecule has 0 bridgehead atoms. The Morgan fingerprint density at radius 1 is 1.28 bits per heavy atom. The van der Waals surface area contributed by atoms with Crippen molar-refractivity contribution in [3.8, 4) is 5.75 Å². The maximum Gasteiger partial charge on any atom is 0.258 e. The summed E-state index contributed by atoms with van der Waals surface area (Å²) < 4.78 is 7.43. The molecule has 9 nitrogen and oxygen atoms in total. The lowest BCUT2D eigenvalue weighted by Crippen LogP contribution is -2.38. The van der Waals surface area contributed by atoms with Crippen molar-refractivity contribution in [2.24, 2.45) is 5.73 Å². The number of primary amides is 1. The van der Waals surface area contributed by atoms with E-state index >= 15 is 0 Å². The third kappa shape index (κ3) is 4.59. The fraction of sp³-hybridized carbons (Fsp3) is 0.385. The lowest BCUT2D eigenvalue weighted by atomic mass is 10.0. The molecule has 3 aromatic heterocycles. The zero-order valence-corrected chi connectivity index (χ0v) is 21.3. The first-order valence-electron chi connectivity index (χ1n) is 12.1. The second-order valence-electron chi connectivity index (χ2n) is 9.06. The summed E-state index contributed by atoms with van der Waals surface area (Å²) in [5.41, 5.74) is 7.24. The summed E-state index contributed by atoms with van der Waals surface area (Å²) in [6.07, 6.45) is 4.67. The highest BCUT2D eigenvalue weighted by molar-refractivity contribution is 7.18. The Morgan fingerprint density at radius 2 is 2.08 bits per heavy atom. The number of ether oxygens (including phenoxy) is 1. The van der Waals surface area contributed by atoms with Crippen molar-refractivity contribution < 1.29 is 9.53 Å². The average molecular weight is 504 g/mol. The van der Waals surface area contributed by atoms with E-state index < -0.39 is 5.91 Å². The normalized spacial score (nSPS) is 14.8. The lowest BCUT2D eigenvalue weighted by molar-refractivity contribution is -0.118. The minimum Gasteiger partial charge on any atom is -0.496 e. The van der Waals surface area contributed by atoms with Gasteiger partial charge in [-0.1, -0.05) is 13.5 Å². The van der Waals surface area contributed by atoms with E-state index in [-0.39, 0.29) is 6.54 Å². The number of nitrogens with zero attached hydrogens (tertiary/aromatic N) is 5. The Hall–Kier alpha value is -3.68. The zero-order valence-electron chi connectivity index (χ0n) is 20.5. The number of fused-ring (bicyclic) bond motifs is 2. The number of nitrogens with two attached hydrogens (primary N) is 1. The third-order valence-electron chi connectivity index (χ3n) is 6.78. The summed E-state index contributed by atoms with van der Waals surface area (Å²) in [6, 6.07) is 8.32. The minimum atomic E-state index is -0.482. The van der Waals surface area contributed by atoms with Crippen LogP contribution in [0.25, 0.3) is 26.0 Å². The maximum absolute atomic E-state index is 11.5. The van der Waals surface area contributed by atoms with Crippen LogP contribution in [0.2, 0.25) is 0 Å². The molecular formula is C26H29N7O2S. The van der Waals surface area contributed by atoms with E-state index in [9.17, 15) is 4.79 Å². The summed E-state index contributed by atoms with van der Waals surface area (Å²) in [4.78, 5) is 28.8. The number of amides is 1. The Labute approximate surface area is 213 Å². The molecule has 0 aliphatic carbocycles. The van der Waals surface area contributed by atoms with Gasteiger partial charge in [-0.3, -0.25) is 14.3 Å². The molecule has 0 saturated carbocycles. The van der Waals surface area contributed by atoms with Crippen LogP contribution in [0, 0.1) is 6.57 Å². The molecule has 3 N–H and O–H groups in total. The molecule has 4 heterocycles. The first-order valence-corrected chi connectivity index (χ1v) is 12.9. The van der Waals surface area contributed by atoms with Gasteiger partial charge in [0, 0.05) is 36.1 Å². The Balaban J connectivity index is 1.29. The van der Waals surface area contributed by atoms with Gasteiger partial charge in [-0.15, -0.1) is 11.3 Å². The van der Waals surface area contributed by atoms with E-state index in [1.54, 1.807) is 35.4 Å². The fourth-order valence-electron chi connectivity index (χ4n) is 4.98. The van der Waals surface area contributed by atoms with E-state index in [0.717, 1.165) is 77.1 Å². The topological polar surface area (TPSA) is 103 Å². The summed E-state index contributed by atoms with van der Waals surface area (Å²) in [5, 5.41) is 5.60. The molecule has 1 fully saturated rings. The van der Waals surface area contributed by atoms with Crippen LogP contribution in [0.1, 0.15) is 30.2 Å². The monoisotopic (exact) mass is 503 g/mol. The molecule has 0 atom stereocenters. The third-order valence-corrected chi connectivity index (χ3v) is 7.97. The maximum atomic E-state index is 11.5. The molecule has 1 aromatic carbocycles. The number of thiophene rings is 1. The van der Waals surface area contributed by atoms with Crippen LogP contribution in [-0.4, -0.2) is 51.6 Å². The second kappa shape index (κ2) is 10.1. The lowest BCUT2D eigenvalue weighted by Gasteiger charge is -2.33. The Bertz CT molecular complexity index is 1460. The van der Waals surface area contributed by atoms with Gasteiger partial charge < -0.3 is 20.6 Å². The van der Waals surface area contributed by atoms with Gasteiger partial charge in [-0.25, -0.2) is 9.97 Å². The number of carbonyl (C=O) groups is 1. The fourth-order valence-corrected chi connectivity index (χ4v) is 5.92. The highest BCUT2D eigenvalue weighted by atomic mass is 32.1. The summed E-state index contributed by atoms with van der Waals surface area (Å²) >= 11 is 1.73. The van der Waals surface area contributed by atoms with Crippen molar-refractivity contribution >= 4 is 50.0 Å². The molecule has 1 aliphatic heterocycles. The van der Waals surface area contributed by atoms with Crippen LogP contribution in [-0.2, 0) is 24.3 Å². The van der Waals surface area contributed by atoms with E-state index in [2.05, 4.69) is 38.0 Å². The van der Waals surface area contributed by atoms with Crippen molar-refractivity contribution in [2.75, 3.05) is 25.5 Å². The molecule has 1 saturated heterocycles. The predicted octanol–water partition coefficient (Wildman–Crippen LogP) is 4.33. The first kappa shape index (κ1) is 24.0. The zero-order chi connectivity index (χ0) is 25.2. The van der Waals surface area contributed by atoms with E-state index in [0.29, 0.717) is 11.9 Å². The molecule has 4 aromatic rings. The number of methoxy groups -OCH3 is 1. The summed E-state index contributed by atoms with van der Waals surface area (Å²) in [5.74, 6) is 1.57. The SMILES string of the molecule is [C-]#[N+]c1cc2c(OC)c(CN3CCC(Nc4ncnc5sc(CC)cc45)CC3)ccc2n1CC(N)=O. The molecule has 10 heteroatoms. The molecule has 186 valence electrons. The van der Waals surface area contributed by atoms with Crippen molar-refractivity contribution in [3.63, 3.8) is 0 Å². The number of benzene rings is 1. The van der Waals surface area contributed by atoms with Crippen LogP contribution < -0.4 is 15.8 Å². The molecular weight excluding hydrogens is 474 g/mol. The number of anilines is 1. The van der Waals surface area contributed by atoms with E-state index in [4.69, 9.17) is 17.0 Å². The molecule has 0 radical (unpaired) electrons. The quantitative estimate of drug-likeness (QED) is 0.347.